The Balaban J connectivity index is 1.67. The van der Waals surface area contributed by atoms with E-state index in [0.717, 1.165) is 16.9 Å². The number of fused-ring (bicyclic) bond motifs is 1. The lowest BCUT2D eigenvalue weighted by atomic mass is 10.1. The van der Waals surface area contributed by atoms with E-state index in [1.807, 2.05) is 36.1 Å². The third-order valence-electron chi connectivity index (χ3n) is 4.34. The molecule has 0 N–H and O–H groups in total. The SMILES string of the molecule is C=CC(=O)N(Cc1cn(C)nc1C1CC1)c1ccc2c(c1)OCO2. The molecule has 24 heavy (non-hydrogen) atoms. The van der Waals surface area contributed by atoms with Crippen LogP contribution in [0, 0.1) is 0 Å². The lowest BCUT2D eigenvalue weighted by Crippen LogP contribution is -2.28. The summed E-state index contributed by atoms with van der Waals surface area (Å²) in [5.41, 5.74) is 2.93. The number of benzene rings is 1. The molecule has 6 nitrogen and oxygen atoms in total. The summed E-state index contributed by atoms with van der Waals surface area (Å²) in [5.74, 6) is 1.73. The maximum atomic E-state index is 12.4. The Morgan fingerprint density at radius 3 is 2.96 bits per heavy atom. The van der Waals surface area contributed by atoms with Gasteiger partial charge in [0, 0.05) is 36.5 Å². The Labute approximate surface area is 140 Å². The molecule has 2 aromatic rings. The largest absolute Gasteiger partial charge is 0.454 e. The van der Waals surface area contributed by atoms with Gasteiger partial charge in [-0.05, 0) is 31.1 Å². The molecule has 6 heteroatoms. The van der Waals surface area contributed by atoms with Crippen molar-refractivity contribution in [2.75, 3.05) is 11.7 Å². The summed E-state index contributed by atoms with van der Waals surface area (Å²) in [6, 6.07) is 5.52. The van der Waals surface area contributed by atoms with Gasteiger partial charge in [0.05, 0.1) is 12.2 Å². The molecule has 0 unspecified atom stereocenters. The molecule has 124 valence electrons. The van der Waals surface area contributed by atoms with Crippen LogP contribution in [0.1, 0.15) is 30.0 Å². The molecule has 0 bridgehead atoms. The van der Waals surface area contributed by atoms with E-state index in [1.54, 1.807) is 4.90 Å². The van der Waals surface area contributed by atoms with Crippen LogP contribution in [0.3, 0.4) is 0 Å². The number of amides is 1. The molecule has 0 saturated heterocycles. The molecule has 0 radical (unpaired) electrons. The fourth-order valence-corrected chi connectivity index (χ4v) is 3.01. The number of ether oxygens (including phenoxy) is 2. The first-order valence-corrected chi connectivity index (χ1v) is 8.01. The van der Waals surface area contributed by atoms with Gasteiger partial charge in [-0.3, -0.25) is 9.48 Å². The number of carbonyl (C=O) groups is 1. The fourth-order valence-electron chi connectivity index (χ4n) is 3.01. The monoisotopic (exact) mass is 325 g/mol. The molecule has 1 aromatic heterocycles. The topological polar surface area (TPSA) is 56.6 Å². The number of anilines is 1. The first kappa shape index (κ1) is 14.8. The van der Waals surface area contributed by atoms with Gasteiger partial charge in [-0.25, -0.2) is 0 Å². The minimum absolute atomic E-state index is 0.153. The van der Waals surface area contributed by atoms with Crippen molar-refractivity contribution >= 4 is 11.6 Å². The molecule has 2 aliphatic rings. The third kappa shape index (κ3) is 2.64. The van der Waals surface area contributed by atoms with Crippen LogP contribution in [-0.4, -0.2) is 22.5 Å². The number of hydrogen-bond donors (Lipinski definition) is 0. The summed E-state index contributed by atoms with van der Waals surface area (Å²) < 4.78 is 12.6. The molecule has 1 aromatic carbocycles. The standard InChI is InChI=1S/C18H19N3O3/c1-3-17(22)21(14-6-7-15-16(8-14)24-11-23-15)10-13-9-20(2)19-18(13)12-4-5-12/h3,6-9,12H,1,4-5,10-11H2,2H3. The van der Waals surface area contributed by atoms with Crippen molar-refractivity contribution in [2.45, 2.75) is 25.3 Å². The highest BCUT2D eigenvalue weighted by Gasteiger charge is 2.30. The fraction of sp³-hybridized carbons (Fsp3) is 0.333. The Hall–Kier alpha value is -2.76. The van der Waals surface area contributed by atoms with Crippen molar-refractivity contribution in [3.63, 3.8) is 0 Å². The van der Waals surface area contributed by atoms with Gasteiger partial charge in [0.25, 0.3) is 5.91 Å². The minimum Gasteiger partial charge on any atom is -0.454 e. The average molecular weight is 325 g/mol. The molecular weight excluding hydrogens is 306 g/mol. The van der Waals surface area contributed by atoms with Gasteiger partial charge in [-0.2, -0.15) is 5.10 Å². The second-order valence-electron chi connectivity index (χ2n) is 6.15. The summed E-state index contributed by atoms with van der Waals surface area (Å²) in [6.07, 6.45) is 5.66. The molecule has 1 aliphatic heterocycles. The first-order valence-electron chi connectivity index (χ1n) is 8.01. The molecule has 1 fully saturated rings. The zero-order valence-corrected chi connectivity index (χ0v) is 13.6. The zero-order valence-electron chi connectivity index (χ0n) is 13.6. The molecule has 1 aliphatic carbocycles. The van der Waals surface area contributed by atoms with Crippen LogP contribution < -0.4 is 14.4 Å². The predicted molar refractivity (Wildman–Crippen MR) is 89.1 cm³/mol. The van der Waals surface area contributed by atoms with E-state index in [9.17, 15) is 4.79 Å². The predicted octanol–water partition coefficient (Wildman–Crippen LogP) is 2.75. The van der Waals surface area contributed by atoms with E-state index in [2.05, 4.69) is 11.7 Å². The molecule has 1 saturated carbocycles. The molecule has 1 amide bonds. The Kier molecular flexibility index (Phi) is 3.52. The van der Waals surface area contributed by atoms with Crippen molar-refractivity contribution in [3.05, 3.63) is 48.3 Å². The van der Waals surface area contributed by atoms with Crippen molar-refractivity contribution in [1.82, 2.24) is 9.78 Å². The van der Waals surface area contributed by atoms with Crippen molar-refractivity contribution < 1.29 is 14.3 Å². The second-order valence-corrected chi connectivity index (χ2v) is 6.15. The van der Waals surface area contributed by atoms with Gasteiger partial charge < -0.3 is 14.4 Å². The van der Waals surface area contributed by atoms with Gasteiger partial charge in [-0.1, -0.05) is 6.58 Å². The van der Waals surface area contributed by atoms with Crippen molar-refractivity contribution in [3.8, 4) is 11.5 Å². The maximum absolute atomic E-state index is 12.4. The number of carbonyl (C=O) groups excluding carboxylic acids is 1. The zero-order chi connectivity index (χ0) is 16.7. The van der Waals surface area contributed by atoms with E-state index in [1.165, 1.54) is 18.9 Å². The van der Waals surface area contributed by atoms with E-state index in [-0.39, 0.29) is 12.7 Å². The van der Waals surface area contributed by atoms with E-state index in [4.69, 9.17) is 9.47 Å². The molecule has 0 atom stereocenters. The van der Waals surface area contributed by atoms with Crippen LogP contribution in [0.5, 0.6) is 11.5 Å². The lowest BCUT2D eigenvalue weighted by Gasteiger charge is -2.21. The number of nitrogens with zero attached hydrogens (tertiary/aromatic N) is 3. The van der Waals surface area contributed by atoms with Crippen LogP contribution in [-0.2, 0) is 18.4 Å². The molecule has 2 heterocycles. The summed E-state index contributed by atoms with van der Waals surface area (Å²) in [5, 5.41) is 4.57. The smallest absolute Gasteiger partial charge is 0.250 e. The molecular formula is C18H19N3O3. The quantitative estimate of drug-likeness (QED) is 0.793. The Bertz CT molecular complexity index is 808. The van der Waals surface area contributed by atoms with Gasteiger partial charge in [0.15, 0.2) is 11.5 Å². The van der Waals surface area contributed by atoms with Crippen molar-refractivity contribution in [2.24, 2.45) is 7.05 Å². The molecule has 4 rings (SSSR count). The first-order chi connectivity index (χ1) is 11.7. The number of rotatable bonds is 5. The summed E-state index contributed by atoms with van der Waals surface area (Å²) in [4.78, 5) is 14.1. The normalized spacial score (nSPS) is 15.4. The Morgan fingerprint density at radius 2 is 2.21 bits per heavy atom. The van der Waals surface area contributed by atoms with E-state index >= 15 is 0 Å². The summed E-state index contributed by atoms with van der Waals surface area (Å²) in [6.45, 7) is 4.30. The summed E-state index contributed by atoms with van der Waals surface area (Å²) in [7, 11) is 1.91. The lowest BCUT2D eigenvalue weighted by molar-refractivity contribution is -0.114. The van der Waals surface area contributed by atoms with E-state index < -0.39 is 0 Å². The number of aryl methyl sites for hydroxylation is 1. The van der Waals surface area contributed by atoms with Crippen LogP contribution >= 0.6 is 0 Å². The van der Waals surface area contributed by atoms with Crippen LogP contribution in [0.15, 0.2) is 37.1 Å². The highest BCUT2D eigenvalue weighted by atomic mass is 16.7. The highest BCUT2D eigenvalue weighted by Crippen LogP contribution is 2.41. The second kappa shape index (κ2) is 5.70. The number of hydrogen-bond acceptors (Lipinski definition) is 4. The van der Waals surface area contributed by atoms with Crippen LogP contribution in [0.2, 0.25) is 0 Å². The minimum atomic E-state index is -0.153. The Morgan fingerprint density at radius 1 is 1.42 bits per heavy atom. The van der Waals surface area contributed by atoms with Crippen LogP contribution in [0.4, 0.5) is 5.69 Å². The average Bonchev–Trinajstić information content (AvgIpc) is 3.20. The van der Waals surface area contributed by atoms with Crippen LogP contribution in [0.25, 0.3) is 0 Å². The van der Waals surface area contributed by atoms with Gasteiger partial charge in [0.2, 0.25) is 6.79 Å². The third-order valence-corrected chi connectivity index (χ3v) is 4.34. The maximum Gasteiger partial charge on any atom is 0.250 e. The van der Waals surface area contributed by atoms with Gasteiger partial charge in [-0.15, -0.1) is 0 Å². The summed E-state index contributed by atoms with van der Waals surface area (Å²) >= 11 is 0. The highest BCUT2D eigenvalue weighted by molar-refractivity contribution is 6.01. The van der Waals surface area contributed by atoms with E-state index in [0.29, 0.717) is 24.0 Å². The van der Waals surface area contributed by atoms with Gasteiger partial charge >= 0.3 is 0 Å². The van der Waals surface area contributed by atoms with Gasteiger partial charge in [0.1, 0.15) is 0 Å². The van der Waals surface area contributed by atoms with Crippen molar-refractivity contribution in [1.29, 1.82) is 0 Å². The number of aromatic nitrogens is 2. The molecule has 0 spiro atoms.